The van der Waals surface area contributed by atoms with Gasteiger partial charge in [0.1, 0.15) is 0 Å². The van der Waals surface area contributed by atoms with Gasteiger partial charge in [-0.05, 0) is 12.1 Å². The fraction of sp³-hybridized carbons (Fsp3) is 0.143. The third-order valence-corrected chi connectivity index (χ3v) is 1.21. The van der Waals surface area contributed by atoms with Gasteiger partial charge in [-0.25, -0.2) is 4.79 Å². The molecule has 0 saturated carbocycles. The Kier molecular flexibility index (Phi) is 2.86. The molecular formula is C7H6ClNO2. The largest absolute Gasteiger partial charge is 0.446 e. The Morgan fingerprint density at radius 1 is 1.55 bits per heavy atom. The van der Waals surface area contributed by atoms with Crippen molar-refractivity contribution in [2.45, 2.75) is 0 Å². The van der Waals surface area contributed by atoms with Gasteiger partial charge < -0.3 is 4.74 Å². The molecule has 0 bridgehead atoms. The Balaban J connectivity index is 2.69. The number of aromatic nitrogens is 1. The van der Waals surface area contributed by atoms with E-state index in [9.17, 15) is 4.79 Å². The number of carbonyl (C=O) groups is 1. The van der Waals surface area contributed by atoms with Crippen molar-refractivity contribution in [1.82, 2.24) is 4.98 Å². The fourth-order valence-corrected chi connectivity index (χ4v) is 0.720. The second-order valence-electron chi connectivity index (χ2n) is 1.78. The molecule has 58 valence electrons. The average Bonchev–Trinajstić information content (AvgIpc) is 2.07. The van der Waals surface area contributed by atoms with Crippen molar-refractivity contribution in [3.05, 3.63) is 30.1 Å². The molecule has 0 aromatic carbocycles. The normalized spacial score (nSPS) is 9.18. The molecular weight excluding hydrogens is 166 g/mol. The van der Waals surface area contributed by atoms with Gasteiger partial charge in [0.15, 0.2) is 6.07 Å². The van der Waals surface area contributed by atoms with Gasteiger partial charge in [0, 0.05) is 12.4 Å². The number of hydrogen-bond acceptors (Lipinski definition) is 3. The predicted molar refractivity (Wildman–Crippen MR) is 40.4 cm³/mol. The molecule has 0 spiro atoms. The van der Waals surface area contributed by atoms with E-state index in [2.05, 4.69) is 9.72 Å². The topological polar surface area (TPSA) is 39.2 Å². The molecule has 0 atom stereocenters. The maximum absolute atomic E-state index is 10.9. The number of rotatable bonds is 2. The van der Waals surface area contributed by atoms with Crippen LogP contribution >= 0.6 is 11.6 Å². The first-order valence-corrected chi connectivity index (χ1v) is 3.51. The molecule has 4 heteroatoms. The number of alkyl halides is 1. The molecule has 0 radical (unpaired) electrons. The molecule has 11 heavy (non-hydrogen) atoms. The number of halogens is 1. The second kappa shape index (κ2) is 3.93. The van der Waals surface area contributed by atoms with Crippen LogP contribution in [0.5, 0.6) is 0 Å². The van der Waals surface area contributed by atoms with Crippen molar-refractivity contribution in [3.8, 4) is 0 Å². The average molecular weight is 172 g/mol. The van der Waals surface area contributed by atoms with E-state index in [1.165, 1.54) is 12.4 Å². The Morgan fingerprint density at radius 3 is 2.73 bits per heavy atom. The number of hydrogen-bond donors (Lipinski definition) is 0. The highest BCUT2D eigenvalue weighted by atomic mass is 35.5. The van der Waals surface area contributed by atoms with Gasteiger partial charge in [0.05, 0.1) is 5.56 Å². The van der Waals surface area contributed by atoms with E-state index in [-0.39, 0.29) is 6.07 Å². The van der Waals surface area contributed by atoms with E-state index in [4.69, 9.17) is 11.6 Å². The lowest BCUT2D eigenvalue weighted by Crippen LogP contribution is -2.02. The van der Waals surface area contributed by atoms with E-state index >= 15 is 0 Å². The zero-order valence-electron chi connectivity index (χ0n) is 5.66. The summed E-state index contributed by atoms with van der Waals surface area (Å²) in [4.78, 5) is 14.7. The summed E-state index contributed by atoms with van der Waals surface area (Å²) < 4.78 is 4.53. The van der Waals surface area contributed by atoms with E-state index in [0.29, 0.717) is 5.56 Å². The molecule has 0 aliphatic carbocycles. The predicted octanol–water partition coefficient (Wildman–Crippen LogP) is 1.43. The number of ether oxygens (including phenoxy) is 1. The third-order valence-electron chi connectivity index (χ3n) is 1.10. The highest BCUT2D eigenvalue weighted by Gasteiger charge is 2.03. The number of nitrogens with zero attached hydrogens (tertiary/aromatic N) is 1. The van der Waals surface area contributed by atoms with Crippen LogP contribution in [-0.4, -0.2) is 17.0 Å². The minimum absolute atomic E-state index is 0.124. The van der Waals surface area contributed by atoms with Crippen LogP contribution in [-0.2, 0) is 4.74 Å². The van der Waals surface area contributed by atoms with Crippen LogP contribution in [0.2, 0.25) is 0 Å². The lowest BCUT2D eigenvalue weighted by Gasteiger charge is -1.97. The SMILES string of the molecule is O=C(OCCl)c1ccncc1. The van der Waals surface area contributed by atoms with Gasteiger partial charge in [0.25, 0.3) is 0 Å². The summed E-state index contributed by atoms with van der Waals surface area (Å²) in [5, 5.41) is 0. The third kappa shape index (κ3) is 2.20. The van der Waals surface area contributed by atoms with E-state index in [1.54, 1.807) is 12.1 Å². The van der Waals surface area contributed by atoms with Gasteiger partial charge in [0.2, 0.25) is 0 Å². The van der Waals surface area contributed by atoms with Gasteiger partial charge in [-0.3, -0.25) is 4.98 Å². The van der Waals surface area contributed by atoms with Crippen molar-refractivity contribution in [3.63, 3.8) is 0 Å². The molecule has 0 fully saturated rings. The van der Waals surface area contributed by atoms with Crippen molar-refractivity contribution < 1.29 is 9.53 Å². The highest BCUT2D eigenvalue weighted by Crippen LogP contribution is 1.99. The van der Waals surface area contributed by atoms with Crippen molar-refractivity contribution in [2.24, 2.45) is 0 Å². The van der Waals surface area contributed by atoms with Crippen LogP contribution in [0.25, 0.3) is 0 Å². The standard InChI is InChI=1S/C7H6ClNO2/c8-5-11-7(10)6-1-3-9-4-2-6/h1-4H,5H2. The Hall–Kier alpha value is -1.09. The molecule has 0 unspecified atom stereocenters. The molecule has 3 nitrogen and oxygen atoms in total. The van der Waals surface area contributed by atoms with Gasteiger partial charge >= 0.3 is 5.97 Å². The first-order valence-electron chi connectivity index (χ1n) is 2.97. The minimum atomic E-state index is -0.428. The van der Waals surface area contributed by atoms with E-state index in [1.807, 2.05) is 0 Å². The van der Waals surface area contributed by atoms with Gasteiger partial charge in [-0.1, -0.05) is 11.6 Å². The summed E-state index contributed by atoms with van der Waals surface area (Å²) >= 11 is 5.19. The minimum Gasteiger partial charge on any atom is -0.446 e. The van der Waals surface area contributed by atoms with Crippen molar-refractivity contribution in [2.75, 3.05) is 6.07 Å². The molecule has 1 rings (SSSR count). The van der Waals surface area contributed by atoms with Crippen LogP contribution in [0.15, 0.2) is 24.5 Å². The molecule has 0 amide bonds. The molecule has 1 heterocycles. The fourth-order valence-electron chi connectivity index (χ4n) is 0.621. The summed E-state index contributed by atoms with van der Waals surface area (Å²) in [6.07, 6.45) is 3.04. The zero-order chi connectivity index (χ0) is 8.10. The first kappa shape index (κ1) is 8.01. The molecule has 1 aromatic rings. The van der Waals surface area contributed by atoms with Gasteiger partial charge in [-0.15, -0.1) is 0 Å². The summed E-state index contributed by atoms with van der Waals surface area (Å²) in [5.41, 5.74) is 0.459. The van der Waals surface area contributed by atoms with Crippen LogP contribution in [0, 0.1) is 0 Å². The molecule has 0 N–H and O–H groups in total. The number of esters is 1. The maximum atomic E-state index is 10.9. The highest BCUT2D eigenvalue weighted by molar-refractivity contribution is 6.17. The Bertz CT molecular complexity index is 237. The molecule has 0 aliphatic heterocycles. The zero-order valence-corrected chi connectivity index (χ0v) is 6.41. The quantitative estimate of drug-likeness (QED) is 0.499. The van der Waals surface area contributed by atoms with Crippen LogP contribution in [0.3, 0.4) is 0 Å². The first-order chi connectivity index (χ1) is 5.34. The van der Waals surface area contributed by atoms with Crippen LogP contribution in [0.4, 0.5) is 0 Å². The summed E-state index contributed by atoms with van der Waals surface area (Å²) in [6, 6.07) is 3.00. The monoisotopic (exact) mass is 171 g/mol. The maximum Gasteiger partial charge on any atom is 0.339 e. The van der Waals surface area contributed by atoms with Crippen molar-refractivity contribution in [1.29, 1.82) is 0 Å². The Labute approximate surface area is 69.0 Å². The van der Waals surface area contributed by atoms with Crippen LogP contribution < -0.4 is 0 Å². The Morgan fingerprint density at radius 2 is 2.18 bits per heavy atom. The van der Waals surface area contributed by atoms with E-state index in [0.717, 1.165) is 0 Å². The van der Waals surface area contributed by atoms with Gasteiger partial charge in [-0.2, -0.15) is 0 Å². The number of pyridine rings is 1. The summed E-state index contributed by atoms with van der Waals surface area (Å²) in [6.45, 7) is 0. The molecule has 0 aliphatic rings. The second-order valence-corrected chi connectivity index (χ2v) is 2.00. The lowest BCUT2D eigenvalue weighted by molar-refractivity contribution is 0.0574. The smallest absolute Gasteiger partial charge is 0.339 e. The lowest BCUT2D eigenvalue weighted by atomic mass is 10.3. The van der Waals surface area contributed by atoms with E-state index < -0.39 is 5.97 Å². The summed E-state index contributed by atoms with van der Waals surface area (Å²) in [5.74, 6) is -0.428. The van der Waals surface area contributed by atoms with Crippen molar-refractivity contribution >= 4 is 17.6 Å². The summed E-state index contributed by atoms with van der Waals surface area (Å²) in [7, 11) is 0. The van der Waals surface area contributed by atoms with Crippen LogP contribution in [0.1, 0.15) is 10.4 Å². The molecule has 0 saturated heterocycles. The molecule has 1 aromatic heterocycles. The number of carbonyl (C=O) groups excluding carboxylic acids is 1.